The number of aryl methyl sites for hydroxylation is 1. The van der Waals surface area contributed by atoms with Crippen molar-refractivity contribution >= 4 is 0 Å². The molecular weight excluding hydrogens is 168 g/mol. The maximum Gasteiger partial charge on any atom is 0.154 e. The Balaban J connectivity index is 2.35. The highest BCUT2D eigenvalue weighted by Crippen LogP contribution is 2.19. The highest BCUT2D eigenvalue weighted by atomic mass is 16.3. The molecule has 0 amide bonds. The van der Waals surface area contributed by atoms with Crippen LogP contribution in [0, 0.1) is 6.92 Å². The van der Waals surface area contributed by atoms with Gasteiger partial charge >= 0.3 is 0 Å². The third-order valence-electron chi connectivity index (χ3n) is 1.79. The number of aliphatic hydroxyl groups is 1. The van der Waals surface area contributed by atoms with Crippen LogP contribution in [0.4, 0.5) is 0 Å². The van der Waals surface area contributed by atoms with Crippen LogP contribution in [0.1, 0.15) is 11.5 Å². The zero-order valence-corrected chi connectivity index (χ0v) is 7.24. The average Bonchev–Trinajstić information content (AvgIpc) is 2.71. The molecule has 0 aliphatic carbocycles. The molecule has 2 N–H and O–H groups in total. The molecule has 0 saturated heterocycles. The second-order valence-corrected chi connectivity index (χ2v) is 2.85. The van der Waals surface area contributed by atoms with Crippen LogP contribution in [0.15, 0.2) is 22.6 Å². The van der Waals surface area contributed by atoms with Crippen LogP contribution in [0.5, 0.6) is 0 Å². The minimum atomic E-state index is -0.0350. The van der Waals surface area contributed by atoms with E-state index in [-0.39, 0.29) is 6.61 Å². The van der Waals surface area contributed by atoms with Gasteiger partial charge in [-0.3, -0.25) is 5.10 Å². The number of nitrogens with zero attached hydrogens (tertiary/aromatic N) is 1. The van der Waals surface area contributed by atoms with E-state index in [0.717, 1.165) is 11.5 Å². The smallest absolute Gasteiger partial charge is 0.154 e. The second-order valence-electron chi connectivity index (χ2n) is 2.85. The number of aliphatic hydroxyl groups excluding tert-OH is 1. The fraction of sp³-hybridized carbons (Fsp3) is 0.222. The zero-order chi connectivity index (χ0) is 9.26. The van der Waals surface area contributed by atoms with Crippen LogP contribution in [0.3, 0.4) is 0 Å². The molecule has 0 atom stereocenters. The summed E-state index contributed by atoms with van der Waals surface area (Å²) in [5.41, 5.74) is 1.40. The predicted octanol–water partition coefficient (Wildman–Crippen LogP) is 1.47. The maximum atomic E-state index is 8.80. The minimum Gasteiger partial charge on any atom is -0.460 e. The molecule has 4 nitrogen and oxygen atoms in total. The summed E-state index contributed by atoms with van der Waals surface area (Å²) >= 11 is 0. The highest BCUT2D eigenvalue weighted by Gasteiger charge is 2.06. The van der Waals surface area contributed by atoms with E-state index in [1.54, 1.807) is 6.07 Å². The number of rotatable bonds is 2. The van der Waals surface area contributed by atoms with E-state index in [9.17, 15) is 0 Å². The van der Waals surface area contributed by atoms with Gasteiger partial charge in [0.2, 0.25) is 0 Å². The maximum absolute atomic E-state index is 8.80. The van der Waals surface area contributed by atoms with Crippen LogP contribution < -0.4 is 0 Å². The van der Waals surface area contributed by atoms with Crippen LogP contribution in [0.25, 0.3) is 11.5 Å². The molecule has 0 radical (unpaired) electrons. The van der Waals surface area contributed by atoms with E-state index in [1.165, 1.54) is 0 Å². The van der Waals surface area contributed by atoms with Crippen LogP contribution in [0.2, 0.25) is 0 Å². The van der Waals surface area contributed by atoms with E-state index in [1.807, 2.05) is 19.1 Å². The van der Waals surface area contributed by atoms with E-state index >= 15 is 0 Å². The number of aromatic nitrogens is 2. The molecule has 2 rings (SSSR count). The van der Waals surface area contributed by atoms with Crippen LogP contribution >= 0.6 is 0 Å². The molecule has 0 saturated carbocycles. The minimum absolute atomic E-state index is 0.0350. The molecule has 2 aromatic heterocycles. The SMILES string of the molecule is Cc1ccc(-c2cc(CO)[nH]n2)o1. The first-order chi connectivity index (χ1) is 6.29. The van der Waals surface area contributed by atoms with Gasteiger partial charge in [0.1, 0.15) is 11.5 Å². The van der Waals surface area contributed by atoms with E-state index < -0.39 is 0 Å². The van der Waals surface area contributed by atoms with Gasteiger partial charge in [-0.05, 0) is 25.1 Å². The van der Waals surface area contributed by atoms with E-state index in [0.29, 0.717) is 11.5 Å². The molecule has 4 heteroatoms. The second kappa shape index (κ2) is 3.06. The van der Waals surface area contributed by atoms with Gasteiger partial charge in [0, 0.05) is 0 Å². The molecule has 13 heavy (non-hydrogen) atoms. The van der Waals surface area contributed by atoms with Gasteiger partial charge in [0.15, 0.2) is 5.76 Å². The normalized spacial score (nSPS) is 10.6. The topological polar surface area (TPSA) is 62.0 Å². The monoisotopic (exact) mass is 178 g/mol. The molecule has 0 spiro atoms. The van der Waals surface area contributed by atoms with Crippen LogP contribution in [-0.4, -0.2) is 15.3 Å². The Labute approximate surface area is 75.2 Å². The largest absolute Gasteiger partial charge is 0.460 e. The van der Waals surface area contributed by atoms with Crippen molar-refractivity contribution in [1.82, 2.24) is 10.2 Å². The van der Waals surface area contributed by atoms with E-state index in [4.69, 9.17) is 9.52 Å². The van der Waals surface area contributed by atoms with Gasteiger partial charge in [-0.2, -0.15) is 5.10 Å². The quantitative estimate of drug-likeness (QED) is 0.732. The molecule has 2 heterocycles. The predicted molar refractivity (Wildman–Crippen MR) is 46.9 cm³/mol. The summed E-state index contributed by atoms with van der Waals surface area (Å²) in [4.78, 5) is 0. The Kier molecular flexibility index (Phi) is 1.90. The summed E-state index contributed by atoms with van der Waals surface area (Å²) in [6, 6.07) is 5.49. The molecule has 68 valence electrons. The van der Waals surface area contributed by atoms with Crippen molar-refractivity contribution in [2.45, 2.75) is 13.5 Å². The molecule has 0 unspecified atom stereocenters. The van der Waals surface area contributed by atoms with Gasteiger partial charge in [0.25, 0.3) is 0 Å². The van der Waals surface area contributed by atoms with Crippen LogP contribution in [-0.2, 0) is 6.61 Å². The summed E-state index contributed by atoms with van der Waals surface area (Å²) in [5, 5.41) is 15.5. The molecule has 0 bridgehead atoms. The highest BCUT2D eigenvalue weighted by molar-refractivity contribution is 5.52. The van der Waals surface area contributed by atoms with Crippen molar-refractivity contribution in [1.29, 1.82) is 0 Å². The van der Waals surface area contributed by atoms with Crippen molar-refractivity contribution in [3.05, 3.63) is 29.7 Å². The first-order valence-corrected chi connectivity index (χ1v) is 4.01. The lowest BCUT2D eigenvalue weighted by molar-refractivity contribution is 0.276. The lowest BCUT2D eigenvalue weighted by Gasteiger charge is -1.86. The summed E-state index contributed by atoms with van der Waals surface area (Å²) in [6.45, 7) is 1.84. The van der Waals surface area contributed by atoms with Crippen molar-refractivity contribution < 1.29 is 9.52 Å². The number of hydrogen-bond donors (Lipinski definition) is 2. The Hall–Kier alpha value is -1.55. The van der Waals surface area contributed by atoms with Gasteiger partial charge in [-0.15, -0.1) is 0 Å². The third-order valence-corrected chi connectivity index (χ3v) is 1.79. The van der Waals surface area contributed by atoms with Gasteiger partial charge in [-0.25, -0.2) is 0 Å². The summed E-state index contributed by atoms with van der Waals surface area (Å²) in [6.07, 6.45) is 0. The first kappa shape index (κ1) is 8.07. The summed E-state index contributed by atoms with van der Waals surface area (Å²) < 4.78 is 5.36. The molecule has 0 aromatic carbocycles. The molecule has 0 aliphatic rings. The van der Waals surface area contributed by atoms with Gasteiger partial charge in [-0.1, -0.05) is 0 Å². The molecule has 2 aromatic rings. The number of furan rings is 1. The van der Waals surface area contributed by atoms with Crippen molar-refractivity contribution in [3.8, 4) is 11.5 Å². The average molecular weight is 178 g/mol. The van der Waals surface area contributed by atoms with Crippen molar-refractivity contribution in [2.24, 2.45) is 0 Å². The number of hydrogen-bond acceptors (Lipinski definition) is 3. The number of aromatic amines is 1. The Morgan fingerprint density at radius 2 is 2.38 bits per heavy atom. The summed E-state index contributed by atoms with van der Waals surface area (Å²) in [7, 11) is 0. The molecule has 0 fully saturated rings. The third kappa shape index (κ3) is 1.48. The number of nitrogens with one attached hydrogen (secondary N) is 1. The Morgan fingerprint density at radius 1 is 1.54 bits per heavy atom. The lowest BCUT2D eigenvalue weighted by Crippen LogP contribution is -1.79. The number of H-pyrrole nitrogens is 1. The van der Waals surface area contributed by atoms with E-state index in [2.05, 4.69) is 10.2 Å². The zero-order valence-electron chi connectivity index (χ0n) is 7.24. The molecular formula is C9H10N2O2. The molecule has 0 aliphatic heterocycles. The Morgan fingerprint density at radius 3 is 2.92 bits per heavy atom. The van der Waals surface area contributed by atoms with Crippen molar-refractivity contribution in [3.63, 3.8) is 0 Å². The fourth-order valence-corrected chi connectivity index (χ4v) is 1.14. The van der Waals surface area contributed by atoms with Gasteiger partial charge < -0.3 is 9.52 Å². The first-order valence-electron chi connectivity index (χ1n) is 4.01. The van der Waals surface area contributed by atoms with Crippen molar-refractivity contribution in [2.75, 3.05) is 0 Å². The standard InChI is InChI=1S/C9H10N2O2/c1-6-2-3-9(13-6)8-4-7(5-12)10-11-8/h2-4,12H,5H2,1H3,(H,10,11). The lowest BCUT2D eigenvalue weighted by atomic mass is 10.3. The summed E-state index contributed by atoms with van der Waals surface area (Å²) in [5.74, 6) is 1.57. The van der Waals surface area contributed by atoms with Gasteiger partial charge in [0.05, 0.1) is 12.3 Å². The fourth-order valence-electron chi connectivity index (χ4n) is 1.14. The Bertz CT molecular complexity index is 403.